The van der Waals surface area contributed by atoms with Crippen molar-refractivity contribution in [2.45, 2.75) is 24.0 Å². The van der Waals surface area contributed by atoms with Gasteiger partial charge >= 0.3 is 0 Å². The van der Waals surface area contributed by atoms with Crippen molar-refractivity contribution in [1.29, 1.82) is 0 Å². The molecule has 0 atom stereocenters. The van der Waals surface area contributed by atoms with Gasteiger partial charge in [-0.2, -0.15) is 0 Å². The van der Waals surface area contributed by atoms with Crippen LogP contribution in [0.2, 0.25) is 0 Å². The molecule has 0 bridgehead atoms. The number of phenols is 1. The van der Waals surface area contributed by atoms with E-state index < -0.39 is 0 Å². The van der Waals surface area contributed by atoms with E-state index in [9.17, 15) is 5.11 Å². The molecule has 84 valence electrons. The molecular weight excluding hydrogens is 212 g/mol. The average Bonchev–Trinajstić information content (AvgIpc) is 2.19. The Morgan fingerprint density at radius 1 is 1.13 bits per heavy atom. The molecule has 0 fully saturated rings. The summed E-state index contributed by atoms with van der Waals surface area (Å²) in [7, 11) is 3.05. The molecule has 1 rings (SSSR count). The van der Waals surface area contributed by atoms with Crippen molar-refractivity contribution in [2.75, 3.05) is 14.2 Å². The van der Waals surface area contributed by atoms with Gasteiger partial charge in [-0.1, -0.05) is 13.8 Å². The third kappa shape index (κ3) is 2.96. The summed E-state index contributed by atoms with van der Waals surface area (Å²) in [4.78, 5) is 1.02. The predicted octanol–water partition coefficient (Wildman–Crippen LogP) is 2.91. The number of hydrogen-bond donors (Lipinski definition) is 1. The first-order valence-corrected chi connectivity index (χ1v) is 5.58. The summed E-state index contributed by atoms with van der Waals surface area (Å²) in [5.41, 5.74) is 0. The van der Waals surface area contributed by atoms with E-state index in [0.29, 0.717) is 16.7 Å². The van der Waals surface area contributed by atoms with Crippen LogP contribution in [0.1, 0.15) is 13.8 Å². The minimum atomic E-state index is 0.0492. The molecule has 1 aromatic carbocycles. The summed E-state index contributed by atoms with van der Waals surface area (Å²) in [5.74, 6) is 0.933. The summed E-state index contributed by atoms with van der Waals surface area (Å²) in [6.07, 6.45) is 0. The third-order valence-corrected chi connectivity index (χ3v) is 2.80. The SMILES string of the molecule is COc1cc(SC(C)C)cc(OC)c1O. The standard InChI is InChI=1S/C11H16O3S/c1-7(2)15-8-5-9(13-3)11(12)10(6-8)14-4/h5-7,12H,1-4H3. The maximum Gasteiger partial charge on any atom is 0.200 e. The molecule has 0 aliphatic carbocycles. The van der Waals surface area contributed by atoms with Crippen molar-refractivity contribution < 1.29 is 14.6 Å². The zero-order valence-electron chi connectivity index (χ0n) is 9.40. The second-order valence-electron chi connectivity index (χ2n) is 3.34. The van der Waals surface area contributed by atoms with Crippen LogP contribution in [0.3, 0.4) is 0 Å². The van der Waals surface area contributed by atoms with Gasteiger partial charge in [0.2, 0.25) is 5.75 Å². The van der Waals surface area contributed by atoms with Gasteiger partial charge in [0.25, 0.3) is 0 Å². The molecule has 0 unspecified atom stereocenters. The molecule has 0 spiro atoms. The number of phenolic OH excluding ortho intramolecular Hbond substituents is 1. The van der Waals surface area contributed by atoms with E-state index in [2.05, 4.69) is 13.8 Å². The van der Waals surface area contributed by atoms with Crippen LogP contribution in [0.25, 0.3) is 0 Å². The molecule has 1 N–H and O–H groups in total. The molecule has 15 heavy (non-hydrogen) atoms. The normalized spacial score (nSPS) is 10.5. The highest BCUT2D eigenvalue weighted by Crippen LogP contribution is 2.40. The Hall–Kier alpha value is -1.03. The summed E-state index contributed by atoms with van der Waals surface area (Å²) < 4.78 is 10.1. The Bertz CT molecular complexity index is 312. The lowest BCUT2D eigenvalue weighted by Gasteiger charge is -2.12. The first-order chi connectivity index (χ1) is 7.08. The number of ether oxygens (including phenoxy) is 2. The number of benzene rings is 1. The number of rotatable bonds is 4. The van der Waals surface area contributed by atoms with Crippen LogP contribution >= 0.6 is 11.8 Å². The maximum atomic E-state index is 9.69. The third-order valence-electron chi connectivity index (χ3n) is 1.83. The number of hydrogen-bond acceptors (Lipinski definition) is 4. The van der Waals surface area contributed by atoms with E-state index in [4.69, 9.17) is 9.47 Å². The average molecular weight is 228 g/mol. The fourth-order valence-corrected chi connectivity index (χ4v) is 2.10. The molecule has 3 nitrogen and oxygen atoms in total. The number of aromatic hydroxyl groups is 1. The second-order valence-corrected chi connectivity index (χ2v) is 4.99. The van der Waals surface area contributed by atoms with E-state index in [1.807, 2.05) is 12.1 Å². The Balaban J connectivity index is 3.09. The fraction of sp³-hybridized carbons (Fsp3) is 0.455. The Morgan fingerprint density at radius 3 is 1.93 bits per heavy atom. The summed E-state index contributed by atoms with van der Waals surface area (Å²) >= 11 is 1.70. The summed E-state index contributed by atoms with van der Waals surface area (Å²) in [6.45, 7) is 4.22. The van der Waals surface area contributed by atoms with Crippen LogP contribution in [-0.2, 0) is 0 Å². The zero-order valence-corrected chi connectivity index (χ0v) is 10.2. The summed E-state index contributed by atoms with van der Waals surface area (Å²) in [6, 6.07) is 3.62. The van der Waals surface area contributed by atoms with Crippen LogP contribution in [0, 0.1) is 0 Å². The van der Waals surface area contributed by atoms with Crippen LogP contribution in [-0.4, -0.2) is 24.6 Å². The van der Waals surface area contributed by atoms with E-state index in [1.165, 1.54) is 14.2 Å². The lowest BCUT2D eigenvalue weighted by Crippen LogP contribution is -1.92. The van der Waals surface area contributed by atoms with Gasteiger partial charge < -0.3 is 14.6 Å². The first-order valence-electron chi connectivity index (χ1n) is 4.70. The lowest BCUT2D eigenvalue weighted by atomic mass is 10.3. The van der Waals surface area contributed by atoms with Crippen LogP contribution in [0.4, 0.5) is 0 Å². The van der Waals surface area contributed by atoms with Crippen molar-refractivity contribution in [2.24, 2.45) is 0 Å². The van der Waals surface area contributed by atoms with E-state index >= 15 is 0 Å². The molecule has 0 aliphatic heterocycles. The zero-order chi connectivity index (χ0) is 11.4. The smallest absolute Gasteiger partial charge is 0.200 e. The van der Waals surface area contributed by atoms with Crippen molar-refractivity contribution in [3.63, 3.8) is 0 Å². The van der Waals surface area contributed by atoms with Crippen LogP contribution in [0.5, 0.6) is 17.2 Å². The van der Waals surface area contributed by atoms with Gasteiger partial charge in [0.1, 0.15) is 0 Å². The van der Waals surface area contributed by atoms with Crippen molar-refractivity contribution in [3.05, 3.63) is 12.1 Å². The molecule has 4 heteroatoms. The van der Waals surface area contributed by atoms with Crippen LogP contribution in [0.15, 0.2) is 17.0 Å². The number of methoxy groups -OCH3 is 2. The van der Waals surface area contributed by atoms with E-state index in [0.717, 1.165) is 4.90 Å². The second kappa shape index (κ2) is 5.16. The predicted molar refractivity (Wildman–Crippen MR) is 62.2 cm³/mol. The minimum absolute atomic E-state index is 0.0492. The van der Waals surface area contributed by atoms with Gasteiger partial charge in [0.15, 0.2) is 11.5 Å². The van der Waals surface area contributed by atoms with Crippen molar-refractivity contribution in [3.8, 4) is 17.2 Å². The van der Waals surface area contributed by atoms with E-state index in [-0.39, 0.29) is 5.75 Å². The minimum Gasteiger partial charge on any atom is -0.502 e. The molecule has 0 saturated heterocycles. The Kier molecular flexibility index (Phi) is 4.15. The molecule has 0 heterocycles. The van der Waals surface area contributed by atoms with Gasteiger partial charge in [0.05, 0.1) is 14.2 Å². The van der Waals surface area contributed by atoms with E-state index in [1.54, 1.807) is 11.8 Å². The monoisotopic (exact) mass is 228 g/mol. The lowest BCUT2D eigenvalue weighted by molar-refractivity contribution is 0.338. The highest BCUT2D eigenvalue weighted by molar-refractivity contribution is 7.99. The molecule has 0 aliphatic rings. The Labute approximate surface area is 94.4 Å². The molecule has 0 aromatic heterocycles. The highest BCUT2D eigenvalue weighted by Gasteiger charge is 2.11. The van der Waals surface area contributed by atoms with Gasteiger partial charge in [-0.15, -0.1) is 11.8 Å². The van der Waals surface area contributed by atoms with Crippen molar-refractivity contribution >= 4 is 11.8 Å². The first kappa shape index (κ1) is 12.0. The van der Waals surface area contributed by atoms with Gasteiger partial charge in [-0.25, -0.2) is 0 Å². The van der Waals surface area contributed by atoms with Gasteiger partial charge in [0, 0.05) is 10.1 Å². The maximum absolute atomic E-state index is 9.69. The molecular formula is C11H16O3S. The topological polar surface area (TPSA) is 38.7 Å². The number of thioether (sulfide) groups is 1. The fourth-order valence-electron chi connectivity index (χ4n) is 1.21. The molecule has 0 radical (unpaired) electrons. The largest absolute Gasteiger partial charge is 0.502 e. The Morgan fingerprint density at radius 2 is 1.60 bits per heavy atom. The molecule has 0 amide bonds. The van der Waals surface area contributed by atoms with Crippen molar-refractivity contribution in [1.82, 2.24) is 0 Å². The quantitative estimate of drug-likeness (QED) is 0.804. The van der Waals surface area contributed by atoms with Crippen LogP contribution < -0.4 is 9.47 Å². The van der Waals surface area contributed by atoms with Gasteiger partial charge in [-0.05, 0) is 12.1 Å². The molecule has 0 saturated carbocycles. The van der Waals surface area contributed by atoms with Gasteiger partial charge in [-0.3, -0.25) is 0 Å². The summed E-state index contributed by atoms with van der Waals surface area (Å²) in [5, 5.41) is 10.2. The molecule has 1 aromatic rings. The highest BCUT2D eigenvalue weighted by atomic mass is 32.2.